The van der Waals surface area contributed by atoms with E-state index in [1.165, 1.54) is 4.90 Å². The third kappa shape index (κ3) is 6.51. The molecular formula is C28H31N3O3S. The number of carboxylic acid groups (broad SMARTS) is 1. The first-order valence-electron chi connectivity index (χ1n) is 11.7. The molecule has 4 aromatic rings. The Bertz CT molecular complexity index is 1220. The summed E-state index contributed by atoms with van der Waals surface area (Å²) in [6.07, 6.45) is -0.915. The van der Waals surface area contributed by atoms with Gasteiger partial charge in [0, 0.05) is 25.2 Å². The molecular weight excluding hydrogens is 458 g/mol. The number of ether oxygens (including phenoxy) is 1. The molecule has 0 bridgehead atoms. The fourth-order valence-electron chi connectivity index (χ4n) is 3.83. The lowest BCUT2D eigenvalue weighted by Gasteiger charge is -2.35. The second-order valence-electron chi connectivity index (χ2n) is 9.41. The molecule has 1 N–H and O–H groups in total. The van der Waals surface area contributed by atoms with Gasteiger partial charge in [0.05, 0.1) is 10.2 Å². The van der Waals surface area contributed by atoms with Crippen LogP contribution in [-0.4, -0.2) is 39.7 Å². The van der Waals surface area contributed by atoms with Gasteiger partial charge >= 0.3 is 6.09 Å². The number of hydrogen-bond donors (Lipinski definition) is 1. The summed E-state index contributed by atoms with van der Waals surface area (Å²) in [5.74, 6) is 0.814. The van der Waals surface area contributed by atoms with Crippen LogP contribution >= 0.6 is 11.3 Å². The molecule has 7 heteroatoms. The van der Waals surface area contributed by atoms with Crippen molar-refractivity contribution in [3.8, 4) is 5.75 Å². The van der Waals surface area contributed by atoms with Crippen molar-refractivity contribution in [3.05, 3.63) is 90.0 Å². The van der Waals surface area contributed by atoms with Crippen molar-refractivity contribution in [2.75, 3.05) is 18.0 Å². The minimum atomic E-state index is -0.915. The highest BCUT2D eigenvalue weighted by Gasteiger charge is 2.27. The maximum absolute atomic E-state index is 11.9. The summed E-state index contributed by atoms with van der Waals surface area (Å²) in [4.78, 5) is 20.3. The molecule has 3 aromatic carbocycles. The smallest absolute Gasteiger partial charge is 0.407 e. The van der Waals surface area contributed by atoms with Crippen LogP contribution in [0.3, 0.4) is 0 Å². The lowest BCUT2D eigenvalue weighted by atomic mass is 10.1. The van der Waals surface area contributed by atoms with Crippen LogP contribution in [0.2, 0.25) is 0 Å². The summed E-state index contributed by atoms with van der Waals surface area (Å²) in [7, 11) is 0. The van der Waals surface area contributed by atoms with Crippen molar-refractivity contribution >= 4 is 32.8 Å². The SMILES string of the molecule is CC(C)(C)N(CCN(Cc1ccc(OCc2ccccc2)cc1)c1nc2ccccc2s1)C(=O)O. The molecule has 4 rings (SSSR count). The van der Waals surface area contributed by atoms with Gasteiger partial charge in [0.2, 0.25) is 0 Å². The van der Waals surface area contributed by atoms with Gasteiger partial charge in [-0.3, -0.25) is 0 Å². The molecule has 0 aliphatic carbocycles. The van der Waals surface area contributed by atoms with Crippen LogP contribution in [0, 0.1) is 0 Å². The molecule has 0 radical (unpaired) electrons. The molecule has 0 spiro atoms. The Labute approximate surface area is 210 Å². The Kier molecular flexibility index (Phi) is 7.56. The van der Waals surface area contributed by atoms with Gasteiger partial charge in [-0.25, -0.2) is 9.78 Å². The maximum Gasteiger partial charge on any atom is 0.407 e. The van der Waals surface area contributed by atoms with Gasteiger partial charge in [0.1, 0.15) is 12.4 Å². The molecule has 0 fully saturated rings. The molecule has 0 saturated heterocycles. The third-order valence-corrected chi connectivity index (χ3v) is 6.83. The van der Waals surface area contributed by atoms with E-state index in [1.54, 1.807) is 11.3 Å². The third-order valence-electron chi connectivity index (χ3n) is 5.73. The van der Waals surface area contributed by atoms with E-state index in [2.05, 4.69) is 23.1 Å². The number of carbonyl (C=O) groups is 1. The Morgan fingerprint density at radius 3 is 2.26 bits per heavy atom. The number of anilines is 1. The van der Waals surface area contributed by atoms with E-state index >= 15 is 0 Å². The summed E-state index contributed by atoms with van der Waals surface area (Å²) in [6, 6.07) is 26.2. The number of aromatic nitrogens is 1. The monoisotopic (exact) mass is 489 g/mol. The van der Waals surface area contributed by atoms with Crippen molar-refractivity contribution in [1.82, 2.24) is 9.88 Å². The summed E-state index contributed by atoms with van der Waals surface area (Å²) in [5, 5.41) is 10.6. The van der Waals surface area contributed by atoms with E-state index < -0.39 is 11.6 Å². The van der Waals surface area contributed by atoms with Gasteiger partial charge in [0.15, 0.2) is 5.13 Å². The molecule has 6 nitrogen and oxygen atoms in total. The van der Waals surface area contributed by atoms with Crippen LogP contribution in [0.15, 0.2) is 78.9 Å². The van der Waals surface area contributed by atoms with Crippen molar-refractivity contribution in [3.63, 3.8) is 0 Å². The van der Waals surface area contributed by atoms with Crippen molar-refractivity contribution in [1.29, 1.82) is 0 Å². The minimum Gasteiger partial charge on any atom is -0.489 e. The molecule has 0 aliphatic rings. The van der Waals surface area contributed by atoms with Crippen molar-refractivity contribution < 1.29 is 14.6 Å². The summed E-state index contributed by atoms with van der Waals surface area (Å²) < 4.78 is 7.04. The van der Waals surface area contributed by atoms with Crippen LogP contribution in [-0.2, 0) is 13.2 Å². The molecule has 1 aromatic heterocycles. The Hall–Kier alpha value is -3.58. The number of nitrogens with zero attached hydrogens (tertiary/aromatic N) is 3. The second-order valence-corrected chi connectivity index (χ2v) is 10.4. The van der Waals surface area contributed by atoms with Crippen LogP contribution in [0.25, 0.3) is 10.2 Å². The van der Waals surface area contributed by atoms with E-state index in [0.717, 1.165) is 32.2 Å². The molecule has 0 atom stereocenters. The number of rotatable bonds is 9. The van der Waals surface area contributed by atoms with Gasteiger partial charge in [-0.05, 0) is 56.2 Å². The standard InChI is InChI=1S/C28H31N3O3S/c1-28(2,3)31(27(32)33)18-17-30(26-29-24-11-7-8-12-25(24)35-26)19-21-13-15-23(16-14-21)34-20-22-9-5-4-6-10-22/h4-16H,17-20H2,1-3H3,(H,32,33). The molecule has 182 valence electrons. The maximum atomic E-state index is 11.9. The Balaban J connectivity index is 1.50. The van der Waals surface area contributed by atoms with E-state index in [9.17, 15) is 9.90 Å². The van der Waals surface area contributed by atoms with Crippen LogP contribution < -0.4 is 9.64 Å². The predicted molar refractivity (Wildman–Crippen MR) is 142 cm³/mol. The molecule has 0 aliphatic heterocycles. The van der Waals surface area contributed by atoms with E-state index in [1.807, 2.05) is 81.4 Å². The van der Waals surface area contributed by atoms with Gasteiger partial charge in [-0.2, -0.15) is 0 Å². The first-order valence-corrected chi connectivity index (χ1v) is 12.5. The number of thiazole rings is 1. The van der Waals surface area contributed by atoms with E-state index in [4.69, 9.17) is 9.72 Å². The first-order chi connectivity index (χ1) is 16.8. The molecule has 0 saturated carbocycles. The number of fused-ring (bicyclic) bond motifs is 1. The normalized spacial score (nSPS) is 11.4. The van der Waals surface area contributed by atoms with Gasteiger partial charge < -0.3 is 19.6 Å². The van der Waals surface area contributed by atoms with Crippen LogP contribution in [0.4, 0.5) is 9.93 Å². The topological polar surface area (TPSA) is 65.9 Å². The number of hydrogen-bond acceptors (Lipinski definition) is 5. The highest BCUT2D eigenvalue weighted by Crippen LogP contribution is 2.30. The lowest BCUT2D eigenvalue weighted by molar-refractivity contribution is 0.102. The van der Waals surface area contributed by atoms with Gasteiger partial charge in [-0.1, -0.05) is 65.9 Å². The lowest BCUT2D eigenvalue weighted by Crippen LogP contribution is -2.48. The number of benzene rings is 3. The predicted octanol–water partition coefficient (Wildman–Crippen LogP) is 6.66. The molecule has 1 heterocycles. The molecule has 35 heavy (non-hydrogen) atoms. The Morgan fingerprint density at radius 1 is 0.914 bits per heavy atom. The van der Waals surface area contributed by atoms with Gasteiger partial charge in [0.25, 0.3) is 0 Å². The zero-order valence-electron chi connectivity index (χ0n) is 20.3. The van der Waals surface area contributed by atoms with E-state index in [0.29, 0.717) is 26.2 Å². The summed E-state index contributed by atoms with van der Waals surface area (Å²) in [5.41, 5.74) is 2.70. The largest absolute Gasteiger partial charge is 0.489 e. The Morgan fingerprint density at radius 2 is 1.60 bits per heavy atom. The minimum absolute atomic E-state index is 0.382. The van der Waals surface area contributed by atoms with Crippen LogP contribution in [0.5, 0.6) is 5.75 Å². The number of para-hydroxylation sites is 1. The number of amides is 1. The summed E-state index contributed by atoms with van der Waals surface area (Å²) >= 11 is 1.63. The quantitative estimate of drug-likeness (QED) is 0.285. The highest BCUT2D eigenvalue weighted by molar-refractivity contribution is 7.22. The first kappa shape index (κ1) is 24.5. The summed E-state index contributed by atoms with van der Waals surface area (Å²) in [6.45, 7) is 7.81. The van der Waals surface area contributed by atoms with E-state index in [-0.39, 0.29) is 0 Å². The van der Waals surface area contributed by atoms with Crippen molar-refractivity contribution in [2.45, 2.75) is 39.5 Å². The average molecular weight is 490 g/mol. The fraction of sp³-hybridized carbons (Fsp3) is 0.286. The average Bonchev–Trinajstić information content (AvgIpc) is 3.27. The molecule has 0 unspecified atom stereocenters. The van der Waals surface area contributed by atoms with Crippen LogP contribution in [0.1, 0.15) is 31.9 Å². The zero-order valence-corrected chi connectivity index (χ0v) is 21.2. The van der Waals surface area contributed by atoms with Crippen molar-refractivity contribution in [2.24, 2.45) is 0 Å². The fourth-order valence-corrected chi connectivity index (χ4v) is 4.82. The highest BCUT2D eigenvalue weighted by atomic mass is 32.1. The molecule has 1 amide bonds. The zero-order chi connectivity index (χ0) is 24.8. The second kappa shape index (κ2) is 10.8. The van der Waals surface area contributed by atoms with Gasteiger partial charge in [-0.15, -0.1) is 0 Å².